The zero-order valence-electron chi connectivity index (χ0n) is 13.3. The van der Waals surface area contributed by atoms with Gasteiger partial charge in [0.15, 0.2) is 0 Å². The van der Waals surface area contributed by atoms with Crippen LogP contribution in [0.5, 0.6) is 5.75 Å². The fourth-order valence-electron chi connectivity index (χ4n) is 3.05. The van der Waals surface area contributed by atoms with E-state index in [1.807, 2.05) is 44.2 Å². The maximum absolute atomic E-state index is 10.8. The molecule has 2 rings (SSSR count). The summed E-state index contributed by atoms with van der Waals surface area (Å²) in [7, 11) is 1.68. The Labute approximate surface area is 127 Å². The summed E-state index contributed by atoms with van der Waals surface area (Å²) >= 11 is 0. The molecule has 0 bridgehead atoms. The average molecular weight is 284 g/mol. The number of hydrogen-bond donors (Lipinski definition) is 1. The van der Waals surface area contributed by atoms with Crippen LogP contribution in [-0.2, 0) is 0 Å². The van der Waals surface area contributed by atoms with E-state index in [4.69, 9.17) is 4.74 Å². The van der Waals surface area contributed by atoms with Crippen LogP contribution in [0.15, 0.2) is 42.5 Å². The van der Waals surface area contributed by atoms with Crippen LogP contribution in [0, 0.1) is 13.8 Å². The number of hydrogen-bond acceptors (Lipinski definition) is 2. The highest BCUT2D eigenvalue weighted by Crippen LogP contribution is 2.36. The second-order valence-corrected chi connectivity index (χ2v) is 5.56. The monoisotopic (exact) mass is 284 g/mol. The largest absolute Gasteiger partial charge is 0.496 e. The van der Waals surface area contributed by atoms with E-state index in [1.165, 1.54) is 5.56 Å². The molecule has 0 aromatic heterocycles. The third-order valence-electron chi connectivity index (χ3n) is 4.08. The summed E-state index contributed by atoms with van der Waals surface area (Å²) in [5.41, 5.74) is 4.27. The van der Waals surface area contributed by atoms with Crippen LogP contribution in [0.3, 0.4) is 0 Å². The lowest BCUT2D eigenvalue weighted by Gasteiger charge is -2.24. The highest BCUT2D eigenvalue weighted by atomic mass is 16.5. The predicted molar refractivity (Wildman–Crippen MR) is 86.9 cm³/mol. The van der Waals surface area contributed by atoms with Gasteiger partial charge in [0, 0.05) is 5.92 Å². The molecule has 0 aliphatic rings. The van der Waals surface area contributed by atoms with Gasteiger partial charge in [-0.25, -0.2) is 0 Å². The van der Waals surface area contributed by atoms with Gasteiger partial charge in [-0.3, -0.25) is 0 Å². The Hall–Kier alpha value is -1.80. The SMILES string of the molecule is CCC(c1ccccc1)C(O)c1cc(C)c(OC)c(C)c1. The van der Waals surface area contributed by atoms with Crippen molar-refractivity contribution in [2.75, 3.05) is 7.11 Å². The molecule has 0 spiro atoms. The Kier molecular flexibility index (Phi) is 5.03. The van der Waals surface area contributed by atoms with Gasteiger partial charge in [0.1, 0.15) is 5.75 Å². The fourth-order valence-corrected chi connectivity index (χ4v) is 3.05. The van der Waals surface area contributed by atoms with Crippen molar-refractivity contribution in [3.8, 4) is 5.75 Å². The molecule has 0 fully saturated rings. The van der Waals surface area contributed by atoms with E-state index in [-0.39, 0.29) is 5.92 Å². The molecule has 0 aliphatic heterocycles. The first-order chi connectivity index (χ1) is 10.1. The van der Waals surface area contributed by atoms with Crippen LogP contribution in [0.2, 0.25) is 0 Å². The smallest absolute Gasteiger partial charge is 0.124 e. The summed E-state index contributed by atoms with van der Waals surface area (Å²) in [6.07, 6.45) is 0.399. The lowest BCUT2D eigenvalue weighted by Crippen LogP contribution is -2.11. The van der Waals surface area contributed by atoms with E-state index >= 15 is 0 Å². The van der Waals surface area contributed by atoms with E-state index in [9.17, 15) is 5.11 Å². The summed E-state index contributed by atoms with van der Waals surface area (Å²) in [6, 6.07) is 14.3. The maximum Gasteiger partial charge on any atom is 0.124 e. The molecule has 0 saturated carbocycles. The normalized spacial score (nSPS) is 13.8. The van der Waals surface area contributed by atoms with Gasteiger partial charge in [-0.1, -0.05) is 37.3 Å². The van der Waals surface area contributed by atoms with Crippen LogP contribution in [-0.4, -0.2) is 12.2 Å². The van der Waals surface area contributed by atoms with E-state index in [0.717, 1.165) is 28.9 Å². The minimum absolute atomic E-state index is 0.110. The number of aliphatic hydroxyl groups excluding tert-OH is 1. The molecule has 2 heteroatoms. The van der Waals surface area contributed by atoms with Crippen LogP contribution < -0.4 is 4.74 Å². The van der Waals surface area contributed by atoms with Crippen LogP contribution in [0.4, 0.5) is 0 Å². The van der Waals surface area contributed by atoms with Gasteiger partial charge in [-0.15, -0.1) is 0 Å². The van der Waals surface area contributed by atoms with E-state index in [2.05, 4.69) is 19.1 Å². The van der Waals surface area contributed by atoms with Crippen molar-refractivity contribution in [1.82, 2.24) is 0 Å². The molecule has 0 amide bonds. The van der Waals surface area contributed by atoms with Gasteiger partial charge in [-0.2, -0.15) is 0 Å². The van der Waals surface area contributed by atoms with Crippen LogP contribution in [0.1, 0.15) is 47.6 Å². The molecule has 2 aromatic carbocycles. The standard InChI is InChI=1S/C19H24O2/c1-5-17(15-9-7-6-8-10-15)18(20)16-11-13(2)19(21-4)14(3)12-16/h6-12,17-18,20H,5H2,1-4H3. The number of ether oxygens (including phenoxy) is 1. The molecule has 2 nitrogen and oxygen atoms in total. The van der Waals surface area contributed by atoms with Crippen molar-refractivity contribution >= 4 is 0 Å². The summed E-state index contributed by atoms with van der Waals surface area (Å²) < 4.78 is 5.40. The number of aryl methyl sites for hydroxylation is 2. The number of aliphatic hydroxyl groups is 1. The molecule has 0 aliphatic carbocycles. The van der Waals surface area contributed by atoms with Crippen molar-refractivity contribution in [1.29, 1.82) is 0 Å². The van der Waals surface area contributed by atoms with Crippen molar-refractivity contribution in [3.05, 3.63) is 64.7 Å². The van der Waals surface area contributed by atoms with Gasteiger partial charge in [0.2, 0.25) is 0 Å². The van der Waals surface area contributed by atoms with Gasteiger partial charge in [0.25, 0.3) is 0 Å². The predicted octanol–water partition coefficient (Wildman–Crippen LogP) is 4.54. The second kappa shape index (κ2) is 6.77. The number of benzene rings is 2. The third kappa shape index (κ3) is 3.27. The van der Waals surface area contributed by atoms with E-state index in [0.29, 0.717) is 0 Å². The second-order valence-electron chi connectivity index (χ2n) is 5.56. The molecule has 0 radical (unpaired) electrons. The lowest BCUT2D eigenvalue weighted by atomic mass is 9.86. The highest BCUT2D eigenvalue weighted by molar-refractivity contribution is 5.44. The quantitative estimate of drug-likeness (QED) is 0.873. The first-order valence-corrected chi connectivity index (χ1v) is 7.46. The van der Waals surface area contributed by atoms with Crippen molar-refractivity contribution in [2.45, 2.75) is 39.2 Å². The Balaban J connectivity index is 2.36. The molecule has 0 heterocycles. The Morgan fingerprint density at radius 3 is 2.05 bits per heavy atom. The minimum atomic E-state index is -0.499. The fraction of sp³-hybridized carbons (Fsp3) is 0.368. The molecule has 112 valence electrons. The Morgan fingerprint density at radius 2 is 1.57 bits per heavy atom. The van der Waals surface area contributed by atoms with Crippen LogP contribution >= 0.6 is 0 Å². The average Bonchev–Trinajstić information content (AvgIpc) is 2.48. The zero-order chi connectivity index (χ0) is 15.4. The Morgan fingerprint density at radius 1 is 1.00 bits per heavy atom. The Bertz CT molecular complexity index is 567. The van der Waals surface area contributed by atoms with Gasteiger partial charge >= 0.3 is 0 Å². The van der Waals surface area contributed by atoms with Gasteiger partial charge in [-0.05, 0) is 54.7 Å². The first kappa shape index (κ1) is 15.6. The molecule has 1 N–H and O–H groups in total. The summed E-state index contributed by atoms with van der Waals surface area (Å²) in [4.78, 5) is 0. The molecule has 21 heavy (non-hydrogen) atoms. The molecule has 0 saturated heterocycles. The number of rotatable bonds is 5. The van der Waals surface area contributed by atoms with Gasteiger partial charge < -0.3 is 9.84 Å². The van der Waals surface area contributed by atoms with E-state index < -0.39 is 6.10 Å². The van der Waals surface area contributed by atoms with Crippen molar-refractivity contribution in [3.63, 3.8) is 0 Å². The highest BCUT2D eigenvalue weighted by Gasteiger charge is 2.22. The zero-order valence-corrected chi connectivity index (χ0v) is 13.3. The van der Waals surface area contributed by atoms with Crippen molar-refractivity contribution < 1.29 is 9.84 Å². The minimum Gasteiger partial charge on any atom is -0.496 e. The molecule has 2 unspecified atom stereocenters. The first-order valence-electron chi connectivity index (χ1n) is 7.46. The molecular weight excluding hydrogens is 260 g/mol. The summed E-state index contributed by atoms with van der Waals surface area (Å²) in [5.74, 6) is 1.01. The topological polar surface area (TPSA) is 29.5 Å². The maximum atomic E-state index is 10.8. The summed E-state index contributed by atoms with van der Waals surface area (Å²) in [6.45, 7) is 6.15. The number of methoxy groups -OCH3 is 1. The molecule has 2 aromatic rings. The van der Waals surface area contributed by atoms with E-state index in [1.54, 1.807) is 7.11 Å². The molecular formula is C19H24O2. The third-order valence-corrected chi connectivity index (χ3v) is 4.08. The molecule has 2 atom stereocenters. The van der Waals surface area contributed by atoms with Gasteiger partial charge in [0.05, 0.1) is 13.2 Å². The van der Waals surface area contributed by atoms with Crippen molar-refractivity contribution in [2.24, 2.45) is 0 Å². The van der Waals surface area contributed by atoms with Crippen LogP contribution in [0.25, 0.3) is 0 Å². The summed E-state index contributed by atoms with van der Waals surface area (Å²) in [5, 5.41) is 10.8. The lowest BCUT2D eigenvalue weighted by molar-refractivity contribution is 0.142.